The molecule has 1 aliphatic rings. The van der Waals surface area contributed by atoms with Gasteiger partial charge in [-0.05, 0) is 11.4 Å². The van der Waals surface area contributed by atoms with Gasteiger partial charge in [0, 0.05) is 0 Å². The topological polar surface area (TPSA) is 98.0 Å². The van der Waals surface area contributed by atoms with Gasteiger partial charge in [-0.15, -0.1) is 11.3 Å². The highest BCUT2D eigenvalue weighted by molar-refractivity contribution is 7.17. The van der Waals surface area contributed by atoms with E-state index in [1.54, 1.807) is 11.4 Å². The number of aromatic nitrogens is 1. The summed E-state index contributed by atoms with van der Waals surface area (Å²) in [6, 6.07) is 1.66. The fraction of sp³-hybridized carbons (Fsp3) is 0.385. The number of aromatic hydroxyl groups is 1. The van der Waals surface area contributed by atoms with Crippen LogP contribution in [0.15, 0.2) is 16.2 Å². The molecule has 0 spiro atoms. The minimum atomic E-state index is -1.32. The highest BCUT2D eigenvalue weighted by atomic mass is 32.1. The summed E-state index contributed by atoms with van der Waals surface area (Å²) in [4.78, 5) is 23.5. The first-order valence-corrected chi connectivity index (χ1v) is 7.23. The second kappa shape index (κ2) is 5.47. The predicted octanol–water partition coefficient (Wildman–Crippen LogP) is 0.882. The molecule has 21 heavy (non-hydrogen) atoms. The van der Waals surface area contributed by atoms with Gasteiger partial charge in [-0.25, -0.2) is 4.79 Å². The molecule has 2 aromatic heterocycles. The van der Waals surface area contributed by atoms with Crippen molar-refractivity contribution >= 4 is 27.5 Å². The number of fused-ring (bicyclic) bond motifs is 1. The number of carbonyl (C=O) groups is 1. The van der Waals surface area contributed by atoms with Gasteiger partial charge < -0.3 is 24.3 Å². The van der Waals surface area contributed by atoms with Crippen molar-refractivity contribution in [2.24, 2.45) is 0 Å². The number of carboxylic acids is 1. The van der Waals surface area contributed by atoms with Crippen LogP contribution in [0.4, 0.5) is 0 Å². The molecule has 3 heterocycles. The van der Waals surface area contributed by atoms with E-state index in [0.29, 0.717) is 30.0 Å². The number of hydrogen-bond acceptors (Lipinski definition) is 6. The highest BCUT2D eigenvalue weighted by Crippen LogP contribution is 2.29. The Kier molecular flexibility index (Phi) is 3.66. The van der Waals surface area contributed by atoms with Crippen LogP contribution in [0.5, 0.6) is 5.75 Å². The lowest BCUT2D eigenvalue weighted by Crippen LogP contribution is -2.36. The minimum Gasteiger partial charge on any atom is -0.502 e. The Labute approximate surface area is 123 Å². The molecule has 3 rings (SSSR count). The number of carboxylic acid groups (broad SMARTS) is 1. The molecular weight excluding hydrogens is 298 g/mol. The van der Waals surface area contributed by atoms with Crippen LogP contribution in [-0.2, 0) is 16.0 Å². The first-order valence-electron chi connectivity index (χ1n) is 6.35. The number of nitrogens with zero attached hydrogens (tertiary/aromatic N) is 1. The Balaban J connectivity index is 2.12. The molecule has 1 unspecified atom stereocenters. The van der Waals surface area contributed by atoms with Crippen molar-refractivity contribution < 1.29 is 24.5 Å². The zero-order chi connectivity index (χ0) is 15.0. The van der Waals surface area contributed by atoms with Gasteiger partial charge in [0.2, 0.25) is 0 Å². The molecule has 0 radical (unpaired) electrons. The van der Waals surface area contributed by atoms with E-state index in [2.05, 4.69) is 0 Å². The molecule has 1 saturated heterocycles. The van der Waals surface area contributed by atoms with E-state index >= 15 is 0 Å². The minimum absolute atomic E-state index is 0.208. The average Bonchev–Trinajstić information content (AvgIpc) is 2.93. The maximum Gasteiger partial charge on any atom is 0.341 e. The number of hydrogen-bond donors (Lipinski definition) is 2. The summed E-state index contributed by atoms with van der Waals surface area (Å²) in [5, 5.41) is 20.8. The van der Waals surface area contributed by atoms with Gasteiger partial charge in [0.15, 0.2) is 5.75 Å². The molecule has 0 bridgehead atoms. The van der Waals surface area contributed by atoms with Gasteiger partial charge in [-0.2, -0.15) is 0 Å². The van der Waals surface area contributed by atoms with Crippen molar-refractivity contribution in [3.63, 3.8) is 0 Å². The fourth-order valence-electron chi connectivity index (χ4n) is 2.38. The van der Waals surface area contributed by atoms with E-state index < -0.39 is 17.3 Å². The van der Waals surface area contributed by atoms with Crippen molar-refractivity contribution in [1.82, 2.24) is 4.57 Å². The average molecular weight is 311 g/mol. The van der Waals surface area contributed by atoms with Crippen LogP contribution in [0.3, 0.4) is 0 Å². The SMILES string of the molecule is O=C(O)c1c(O)c(=O)n(CC2COCCO2)c2ccsc12. The maximum atomic E-state index is 12.2. The van der Waals surface area contributed by atoms with E-state index in [9.17, 15) is 19.8 Å². The van der Waals surface area contributed by atoms with Crippen molar-refractivity contribution in [2.75, 3.05) is 19.8 Å². The van der Waals surface area contributed by atoms with Crippen molar-refractivity contribution in [3.05, 3.63) is 27.4 Å². The Morgan fingerprint density at radius 2 is 2.29 bits per heavy atom. The molecule has 1 atom stereocenters. The summed E-state index contributed by atoms with van der Waals surface area (Å²) in [5.41, 5.74) is -0.594. The normalized spacial score (nSPS) is 19.0. The molecule has 2 aromatic rings. The number of ether oxygens (including phenoxy) is 2. The third-order valence-electron chi connectivity index (χ3n) is 3.33. The van der Waals surface area contributed by atoms with Crippen molar-refractivity contribution in [1.29, 1.82) is 0 Å². The molecule has 0 amide bonds. The van der Waals surface area contributed by atoms with Crippen LogP contribution in [0, 0.1) is 0 Å². The molecule has 0 saturated carbocycles. The van der Waals surface area contributed by atoms with Crippen LogP contribution in [-0.4, -0.2) is 46.7 Å². The second-order valence-corrected chi connectivity index (χ2v) is 5.56. The monoisotopic (exact) mass is 311 g/mol. The zero-order valence-corrected chi connectivity index (χ0v) is 11.8. The summed E-state index contributed by atoms with van der Waals surface area (Å²) in [6.45, 7) is 1.53. The molecule has 1 aliphatic heterocycles. The summed E-state index contributed by atoms with van der Waals surface area (Å²) >= 11 is 1.17. The first kappa shape index (κ1) is 14.1. The van der Waals surface area contributed by atoms with Gasteiger partial charge >= 0.3 is 5.97 Å². The quantitative estimate of drug-likeness (QED) is 0.873. The fourth-order valence-corrected chi connectivity index (χ4v) is 3.31. The van der Waals surface area contributed by atoms with E-state index in [-0.39, 0.29) is 18.2 Å². The lowest BCUT2D eigenvalue weighted by atomic mass is 10.2. The van der Waals surface area contributed by atoms with Gasteiger partial charge in [0.05, 0.1) is 42.7 Å². The standard InChI is InChI=1S/C13H13NO6S/c15-10-9(13(17)18)11-8(1-4-21-11)14(12(10)16)5-7-6-19-2-3-20-7/h1,4,7,15H,2-3,5-6H2,(H,17,18). The number of aromatic carboxylic acids is 1. The number of rotatable bonds is 3. The highest BCUT2D eigenvalue weighted by Gasteiger charge is 2.24. The van der Waals surface area contributed by atoms with E-state index in [4.69, 9.17) is 9.47 Å². The molecule has 7 nitrogen and oxygen atoms in total. The third kappa shape index (κ3) is 2.41. The van der Waals surface area contributed by atoms with E-state index in [1.165, 1.54) is 15.9 Å². The molecule has 2 N–H and O–H groups in total. The van der Waals surface area contributed by atoms with Crippen LogP contribution in [0.2, 0.25) is 0 Å². The predicted molar refractivity (Wildman–Crippen MR) is 75.3 cm³/mol. The lowest BCUT2D eigenvalue weighted by Gasteiger charge is -2.24. The van der Waals surface area contributed by atoms with Gasteiger partial charge in [-0.1, -0.05) is 0 Å². The van der Waals surface area contributed by atoms with E-state index in [0.717, 1.165) is 0 Å². The molecule has 0 aromatic carbocycles. The number of thiophene rings is 1. The summed E-state index contributed by atoms with van der Waals surface area (Å²) in [7, 11) is 0. The van der Waals surface area contributed by atoms with Crippen LogP contribution >= 0.6 is 11.3 Å². The van der Waals surface area contributed by atoms with Crippen molar-refractivity contribution in [3.8, 4) is 5.75 Å². The number of pyridine rings is 1. The Hall–Kier alpha value is -1.90. The van der Waals surface area contributed by atoms with Crippen LogP contribution in [0.1, 0.15) is 10.4 Å². The molecule has 1 fully saturated rings. The third-order valence-corrected chi connectivity index (χ3v) is 4.25. The largest absolute Gasteiger partial charge is 0.502 e. The maximum absolute atomic E-state index is 12.2. The first-order chi connectivity index (χ1) is 10.1. The smallest absolute Gasteiger partial charge is 0.341 e. The van der Waals surface area contributed by atoms with Gasteiger partial charge in [0.1, 0.15) is 5.56 Å². The van der Waals surface area contributed by atoms with Crippen molar-refractivity contribution in [2.45, 2.75) is 12.6 Å². The Morgan fingerprint density at radius 3 is 2.95 bits per heavy atom. The molecule has 8 heteroatoms. The Bertz CT molecular complexity index is 743. The second-order valence-electron chi connectivity index (χ2n) is 4.65. The van der Waals surface area contributed by atoms with Crippen LogP contribution in [0.25, 0.3) is 10.2 Å². The zero-order valence-electron chi connectivity index (χ0n) is 10.9. The summed E-state index contributed by atoms with van der Waals surface area (Å²) in [5.74, 6) is -2.06. The Morgan fingerprint density at radius 1 is 1.48 bits per heavy atom. The lowest BCUT2D eigenvalue weighted by molar-refractivity contribution is -0.0935. The molecule has 112 valence electrons. The summed E-state index contributed by atoms with van der Waals surface area (Å²) < 4.78 is 12.5. The van der Waals surface area contributed by atoms with Gasteiger partial charge in [0.25, 0.3) is 5.56 Å². The molecule has 0 aliphatic carbocycles. The van der Waals surface area contributed by atoms with Crippen LogP contribution < -0.4 is 5.56 Å². The molecular formula is C13H13NO6S. The summed E-state index contributed by atoms with van der Waals surface area (Å²) in [6.07, 6.45) is -0.297. The van der Waals surface area contributed by atoms with Gasteiger partial charge in [-0.3, -0.25) is 4.79 Å². The van der Waals surface area contributed by atoms with E-state index in [1.807, 2.05) is 0 Å².